The van der Waals surface area contributed by atoms with Gasteiger partial charge in [0, 0.05) is 6.20 Å². The summed E-state index contributed by atoms with van der Waals surface area (Å²) in [5, 5.41) is 2.45. The van der Waals surface area contributed by atoms with Gasteiger partial charge in [0.1, 0.15) is 18.1 Å². The maximum absolute atomic E-state index is 12.4. The fourth-order valence-electron chi connectivity index (χ4n) is 1.63. The topological polar surface area (TPSA) is 72.9 Å². The van der Waals surface area contributed by atoms with Crippen molar-refractivity contribution in [3.05, 3.63) is 42.4 Å². The molecule has 0 unspecified atom stereocenters. The minimum Gasteiger partial charge on any atom is -0.384 e. The molecule has 0 radical (unpaired) electrons. The van der Waals surface area contributed by atoms with E-state index in [1.54, 1.807) is 0 Å². The van der Waals surface area contributed by atoms with Gasteiger partial charge in [-0.05, 0) is 24.3 Å². The highest BCUT2D eigenvalue weighted by Gasteiger charge is 2.29. The number of hydrogen-bond donors (Lipinski definition) is 2. The Kier molecular flexibility index (Phi) is 3.64. The number of aromatic nitrogens is 2. The van der Waals surface area contributed by atoms with Crippen molar-refractivity contribution in [2.45, 2.75) is 12.7 Å². The van der Waals surface area contributed by atoms with Gasteiger partial charge in [-0.3, -0.25) is 4.79 Å². The third-order valence-electron chi connectivity index (χ3n) is 2.46. The number of rotatable bonds is 3. The van der Waals surface area contributed by atoms with Crippen molar-refractivity contribution in [3.8, 4) is 0 Å². The van der Waals surface area contributed by atoms with E-state index in [9.17, 15) is 18.0 Å². The zero-order chi connectivity index (χ0) is 14.8. The van der Waals surface area contributed by atoms with E-state index >= 15 is 0 Å². The lowest BCUT2D eigenvalue weighted by atomic mass is 10.3. The Morgan fingerprint density at radius 3 is 2.70 bits per heavy atom. The molecule has 5 nitrogen and oxygen atoms in total. The molecule has 8 heteroatoms. The molecule has 0 fully saturated rings. The number of pyridine rings is 1. The number of hydrogen-bond acceptors (Lipinski definition) is 3. The van der Waals surface area contributed by atoms with Crippen LogP contribution in [0.2, 0.25) is 0 Å². The van der Waals surface area contributed by atoms with Crippen molar-refractivity contribution >= 4 is 17.4 Å². The first-order chi connectivity index (χ1) is 9.35. The van der Waals surface area contributed by atoms with Gasteiger partial charge in [-0.1, -0.05) is 0 Å². The highest BCUT2D eigenvalue weighted by molar-refractivity contribution is 6.03. The molecule has 2 heterocycles. The van der Waals surface area contributed by atoms with Crippen LogP contribution in [0, 0.1) is 0 Å². The number of nitrogen functional groups attached to an aromatic ring is 1. The molecule has 2 aromatic rings. The second-order valence-corrected chi connectivity index (χ2v) is 4.06. The Hall–Kier alpha value is -2.51. The molecule has 0 aliphatic heterocycles. The SMILES string of the molecule is Nc1ccc(NC(=O)c2cccn2CC(F)(F)F)cn1. The maximum Gasteiger partial charge on any atom is 0.406 e. The number of amides is 1. The molecule has 1 amide bonds. The molecule has 0 saturated heterocycles. The first-order valence-corrected chi connectivity index (χ1v) is 5.60. The predicted octanol–water partition coefficient (Wildman–Crippen LogP) is 2.28. The van der Waals surface area contributed by atoms with E-state index in [0.717, 1.165) is 4.57 Å². The van der Waals surface area contributed by atoms with E-state index in [1.165, 1.54) is 36.7 Å². The molecule has 0 aliphatic carbocycles. The van der Waals surface area contributed by atoms with Crippen molar-refractivity contribution in [1.82, 2.24) is 9.55 Å². The molecule has 0 aromatic carbocycles. The van der Waals surface area contributed by atoms with Gasteiger partial charge in [0.15, 0.2) is 0 Å². The number of nitrogens with two attached hydrogens (primary N) is 1. The predicted molar refractivity (Wildman–Crippen MR) is 67.1 cm³/mol. The van der Waals surface area contributed by atoms with Gasteiger partial charge in [-0.2, -0.15) is 13.2 Å². The van der Waals surface area contributed by atoms with Crippen molar-refractivity contribution in [2.24, 2.45) is 0 Å². The summed E-state index contributed by atoms with van der Waals surface area (Å²) in [4.78, 5) is 15.7. The van der Waals surface area contributed by atoms with Crippen molar-refractivity contribution in [3.63, 3.8) is 0 Å². The second kappa shape index (κ2) is 5.24. The van der Waals surface area contributed by atoms with Crippen LogP contribution in [0.15, 0.2) is 36.7 Å². The molecule has 20 heavy (non-hydrogen) atoms. The summed E-state index contributed by atoms with van der Waals surface area (Å²) in [6.45, 7) is -1.22. The Morgan fingerprint density at radius 1 is 1.35 bits per heavy atom. The maximum atomic E-state index is 12.4. The van der Waals surface area contributed by atoms with Gasteiger partial charge < -0.3 is 15.6 Å². The largest absolute Gasteiger partial charge is 0.406 e. The van der Waals surface area contributed by atoms with Gasteiger partial charge in [-0.25, -0.2) is 4.98 Å². The van der Waals surface area contributed by atoms with Gasteiger partial charge in [0.25, 0.3) is 5.91 Å². The lowest BCUT2D eigenvalue weighted by Crippen LogP contribution is -2.23. The van der Waals surface area contributed by atoms with Gasteiger partial charge in [0.05, 0.1) is 11.9 Å². The van der Waals surface area contributed by atoms with Crippen LogP contribution in [0.25, 0.3) is 0 Å². The van der Waals surface area contributed by atoms with Gasteiger partial charge >= 0.3 is 6.18 Å². The number of nitrogens with one attached hydrogen (secondary N) is 1. The standard InChI is InChI=1S/C12H11F3N4O/c13-12(14,15)7-19-5-1-2-9(19)11(20)18-8-3-4-10(16)17-6-8/h1-6H,7H2,(H2,16,17)(H,18,20). The van der Waals surface area contributed by atoms with Gasteiger partial charge in [-0.15, -0.1) is 0 Å². The van der Waals surface area contributed by atoms with Crippen LogP contribution in [0.3, 0.4) is 0 Å². The number of carbonyl (C=O) groups excluding carboxylic acids is 1. The Bertz CT molecular complexity index is 604. The molecular formula is C12H11F3N4O. The summed E-state index contributed by atoms with van der Waals surface area (Å²) < 4.78 is 37.9. The summed E-state index contributed by atoms with van der Waals surface area (Å²) in [7, 11) is 0. The average Bonchev–Trinajstić information content (AvgIpc) is 2.78. The fourth-order valence-corrected chi connectivity index (χ4v) is 1.63. The minimum atomic E-state index is -4.39. The van der Waals surface area contributed by atoms with Crippen molar-refractivity contribution < 1.29 is 18.0 Å². The third-order valence-corrected chi connectivity index (χ3v) is 2.46. The van der Waals surface area contributed by atoms with Crippen LogP contribution in [0.4, 0.5) is 24.7 Å². The molecule has 0 atom stereocenters. The van der Waals surface area contributed by atoms with E-state index in [1.807, 2.05) is 0 Å². The number of anilines is 2. The molecule has 0 bridgehead atoms. The van der Waals surface area contributed by atoms with E-state index < -0.39 is 18.6 Å². The average molecular weight is 284 g/mol. The van der Waals surface area contributed by atoms with Crippen LogP contribution < -0.4 is 11.1 Å². The third kappa shape index (κ3) is 3.50. The highest BCUT2D eigenvalue weighted by atomic mass is 19.4. The van der Waals surface area contributed by atoms with E-state index in [0.29, 0.717) is 5.69 Å². The fraction of sp³-hybridized carbons (Fsp3) is 0.167. The molecule has 0 spiro atoms. The van der Waals surface area contributed by atoms with E-state index in [2.05, 4.69) is 10.3 Å². The molecule has 2 rings (SSSR count). The lowest BCUT2D eigenvalue weighted by Gasteiger charge is -2.11. The molecule has 106 valence electrons. The number of alkyl halides is 3. The van der Waals surface area contributed by atoms with E-state index in [-0.39, 0.29) is 11.5 Å². The lowest BCUT2D eigenvalue weighted by molar-refractivity contribution is -0.140. The van der Waals surface area contributed by atoms with E-state index in [4.69, 9.17) is 5.73 Å². The van der Waals surface area contributed by atoms with Crippen molar-refractivity contribution in [1.29, 1.82) is 0 Å². The first-order valence-electron chi connectivity index (χ1n) is 5.60. The summed E-state index contributed by atoms with van der Waals surface area (Å²) in [5.41, 5.74) is 5.66. The Labute approximate surface area is 112 Å². The van der Waals surface area contributed by atoms with Crippen LogP contribution in [0.1, 0.15) is 10.5 Å². The number of carbonyl (C=O) groups is 1. The Balaban J connectivity index is 2.14. The smallest absolute Gasteiger partial charge is 0.384 e. The number of nitrogens with zero attached hydrogens (tertiary/aromatic N) is 2. The molecule has 0 aliphatic rings. The monoisotopic (exact) mass is 284 g/mol. The van der Waals surface area contributed by atoms with Crippen LogP contribution in [-0.4, -0.2) is 21.6 Å². The quantitative estimate of drug-likeness (QED) is 0.908. The normalized spacial score (nSPS) is 11.3. The molecule has 3 N–H and O–H groups in total. The van der Waals surface area contributed by atoms with Crippen molar-refractivity contribution in [2.75, 3.05) is 11.1 Å². The summed E-state index contributed by atoms with van der Waals surface area (Å²) >= 11 is 0. The zero-order valence-corrected chi connectivity index (χ0v) is 10.2. The summed E-state index contributed by atoms with van der Waals surface area (Å²) in [6, 6.07) is 5.68. The van der Waals surface area contributed by atoms with Crippen LogP contribution >= 0.6 is 0 Å². The zero-order valence-electron chi connectivity index (χ0n) is 10.2. The second-order valence-electron chi connectivity index (χ2n) is 4.06. The Morgan fingerprint density at radius 2 is 2.10 bits per heavy atom. The van der Waals surface area contributed by atoms with Crippen LogP contribution in [-0.2, 0) is 6.54 Å². The van der Waals surface area contributed by atoms with Crippen LogP contribution in [0.5, 0.6) is 0 Å². The summed E-state index contributed by atoms with van der Waals surface area (Å²) in [5.74, 6) is -0.366. The van der Waals surface area contributed by atoms with Gasteiger partial charge in [0.2, 0.25) is 0 Å². The minimum absolute atomic E-state index is 0.0841. The molecule has 0 saturated carbocycles. The summed E-state index contributed by atoms with van der Waals surface area (Å²) in [6.07, 6.45) is -1.87. The molecule has 2 aromatic heterocycles. The molecular weight excluding hydrogens is 273 g/mol. The highest BCUT2D eigenvalue weighted by Crippen LogP contribution is 2.19. The number of halogens is 3. The first kappa shape index (κ1) is 13.9.